The Hall–Kier alpha value is -2.42. The number of hydrogen-bond acceptors (Lipinski definition) is 4. The van der Waals surface area contributed by atoms with Crippen molar-refractivity contribution >= 4 is 21.6 Å². The first-order chi connectivity index (χ1) is 14.4. The number of aromatic nitrogens is 3. The second kappa shape index (κ2) is 8.37. The van der Waals surface area contributed by atoms with Crippen LogP contribution < -0.4 is 5.56 Å². The summed E-state index contributed by atoms with van der Waals surface area (Å²) in [7, 11) is -3.56. The fourth-order valence-electron chi connectivity index (χ4n) is 3.69. The van der Waals surface area contributed by atoms with Crippen LogP contribution in [0.15, 0.2) is 52.3 Å². The molecule has 1 aliphatic rings. The summed E-state index contributed by atoms with van der Waals surface area (Å²) in [6, 6.07) is 10.5. The van der Waals surface area contributed by atoms with Crippen molar-refractivity contribution < 1.29 is 8.42 Å². The summed E-state index contributed by atoms with van der Waals surface area (Å²) in [5, 5.41) is 3.64. The van der Waals surface area contributed by atoms with E-state index in [1.165, 1.54) is 21.3 Å². The van der Waals surface area contributed by atoms with Gasteiger partial charge in [-0.2, -0.15) is 4.31 Å². The molecule has 0 bridgehead atoms. The first-order valence-corrected chi connectivity index (χ1v) is 11.7. The minimum Gasteiger partial charge on any atom is -0.294 e. The van der Waals surface area contributed by atoms with Crippen molar-refractivity contribution in [3.63, 3.8) is 0 Å². The Morgan fingerprint density at radius 1 is 1.10 bits per heavy atom. The molecule has 1 N–H and O–H groups in total. The van der Waals surface area contributed by atoms with E-state index < -0.39 is 10.0 Å². The van der Waals surface area contributed by atoms with Crippen molar-refractivity contribution in [1.29, 1.82) is 0 Å². The molecular formula is C21H23ClN4O3S. The standard InChI is InChI=1S/C21H23ClN4O3S/c1-15-18(13-16-7-3-4-8-19(16)22)21(27)26(24-15)20-10-9-17(14-23-20)30(28,29)25-11-5-2-6-12-25/h3-4,7-10,14,24H,2,5-6,11-13H2,1H3. The monoisotopic (exact) mass is 446 g/mol. The highest BCUT2D eigenvalue weighted by Crippen LogP contribution is 2.21. The molecule has 3 heterocycles. The molecule has 0 saturated carbocycles. The lowest BCUT2D eigenvalue weighted by Gasteiger charge is -2.25. The van der Waals surface area contributed by atoms with Gasteiger partial charge in [-0.25, -0.2) is 18.1 Å². The number of halogens is 1. The molecule has 1 aliphatic heterocycles. The summed E-state index contributed by atoms with van der Waals surface area (Å²) in [6.07, 6.45) is 4.51. The van der Waals surface area contributed by atoms with Crippen molar-refractivity contribution in [2.24, 2.45) is 0 Å². The number of pyridine rings is 1. The first kappa shape index (κ1) is 20.8. The van der Waals surface area contributed by atoms with E-state index in [1.807, 2.05) is 25.1 Å². The van der Waals surface area contributed by atoms with Gasteiger partial charge in [-0.1, -0.05) is 36.2 Å². The number of piperidine rings is 1. The normalized spacial score (nSPS) is 15.4. The van der Waals surface area contributed by atoms with E-state index in [0.29, 0.717) is 41.6 Å². The van der Waals surface area contributed by atoms with Gasteiger partial charge in [-0.3, -0.25) is 9.89 Å². The van der Waals surface area contributed by atoms with Crippen LogP contribution in [0.25, 0.3) is 5.82 Å². The van der Waals surface area contributed by atoms with Gasteiger partial charge in [0.25, 0.3) is 5.56 Å². The molecule has 7 nitrogen and oxygen atoms in total. The fourth-order valence-corrected chi connectivity index (χ4v) is 5.36. The largest absolute Gasteiger partial charge is 0.294 e. The molecule has 158 valence electrons. The summed E-state index contributed by atoms with van der Waals surface area (Å²) >= 11 is 6.23. The molecule has 1 fully saturated rings. The van der Waals surface area contributed by atoms with Crippen LogP contribution in [0.3, 0.4) is 0 Å². The van der Waals surface area contributed by atoms with Crippen molar-refractivity contribution in [3.8, 4) is 5.82 Å². The van der Waals surface area contributed by atoms with Gasteiger partial charge in [-0.05, 0) is 43.5 Å². The highest BCUT2D eigenvalue weighted by atomic mass is 35.5. The van der Waals surface area contributed by atoms with E-state index in [-0.39, 0.29) is 10.5 Å². The van der Waals surface area contributed by atoms with Crippen molar-refractivity contribution in [3.05, 3.63) is 74.8 Å². The molecule has 0 aliphatic carbocycles. The van der Waals surface area contributed by atoms with Gasteiger partial charge in [0.05, 0.1) is 0 Å². The molecule has 3 aromatic rings. The van der Waals surface area contributed by atoms with E-state index in [1.54, 1.807) is 12.1 Å². The maximum Gasteiger partial charge on any atom is 0.276 e. The zero-order chi connectivity index (χ0) is 21.3. The molecular weight excluding hydrogens is 424 g/mol. The second-order valence-corrected chi connectivity index (χ2v) is 9.79. The highest BCUT2D eigenvalue weighted by Gasteiger charge is 2.26. The fraction of sp³-hybridized carbons (Fsp3) is 0.333. The number of hydrogen-bond donors (Lipinski definition) is 1. The van der Waals surface area contributed by atoms with Crippen molar-refractivity contribution in [2.45, 2.75) is 37.5 Å². The predicted molar refractivity (Wildman–Crippen MR) is 116 cm³/mol. The molecule has 4 rings (SSSR count). The Kier molecular flexibility index (Phi) is 5.81. The molecule has 0 radical (unpaired) electrons. The van der Waals surface area contributed by atoms with E-state index in [0.717, 1.165) is 24.8 Å². The molecule has 1 saturated heterocycles. The van der Waals surface area contributed by atoms with Gasteiger partial charge in [0.2, 0.25) is 10.0 Å². The zero-order valence-electron chi connectivity index (χ0n) is 16.6. The topological polar surface area (TPSA) is 88.1 Å². The van der Waals surface area contributed by atoms with E-state index in [2.05, 4.69) is 10.1 Å². The summed E-state index contributed by atoms with van der Waals surface area (Å²) in [6.45, 7) is 2.88. The summed E-state index contributed by atoms with van der Waals surface area (Å²) in [5.74, 6) is 0.339. The lowest BCUT2D eigenvalue weighted by atomic mass is 10.1. The van der Waals surface area contributed by atoms with Crippen LogP contribution in [0.5, 0.6) is 0 Å². The van der Waals surface area contributed by atoms with E-state index in [4.69, 9.17) is 11.6 Å². The van der Waals surface area contributed by atoms with Crippen LogP contribution in [0.1, 0.15) is 36.1 Å². The second-order valence-electron chi connectivity index (χ2n) is 7.44. The SMILES string of the molecule is Cc1[nH]n(-c2ccc(S(=O)(=O)N3CCCCC3)cn2)c(=O)c1Cc1ccccc1Cl. The van der Waals surface area contributed by atoms with Crippen molar-refractivity contribution in [2.75, 3.05) is 13.1 Å². The van der Waals surface area contributed by atoms with Gasteiger partial charge in [-0.15, -0.1) is 0 Å². The molecule has 0 amide bonds. The van der Waals surface area contributed by atoms with Gasteiger partial charge in [0.1, 0.15) is 4.90 Å². The van der Waals surface area contributed by atoms with Gasteiger partial charge in [0.15, 0.2) is 5.82 Å². The Morgan fingerprint density at radius 3 is 2.50 bits per heavy atom. The van der Waals surface area contributed by atoms with Gasteiger partial charge < -0.3 is 0 Å². The summed E-state index contributed by atoms with van der Waals surface area (Å²) in [5.41, 5.74) is 1.94. The number of H-pyrrole nitrogens is 1. The Bertz CT molecular complexity index is 1210. The number of nitrogens with zero attached hydrogens (tertiary/aromatic N) is 3. The average molecular weight is 447 g/mol. The maximum atomic E-state index is 13.0. The Balaban J connectivity index is 1.62. The Labute approximate surface area is 180 Å². The van der Waals surface area contributed by atoms with Crippen LogP contribution in [0.2, 0.25) is 5.02 Å². The van der Waals surface area contributed by atoms with E-state index >= 15 is 0 Å². The van der Waals surface area contributed by atoms with Crippen molar-refractivity contribution in [1.82, 2.24) is 19.1 Å². The summed E-state index contributed by atoms with van der Waals surface area (Å²) in [4.78, 5) is 17.3. The minimum absolute atomic E-state index is 0.140. The van der Waals surface area contributed by atoms with Gasteiger partial charge >= 0.3 is 0 Å². The van der Waals surface area contributed by atoms with Crippen LogP contribution >= 0.6 is 11.6 Å². The third-order valence-electron chi connectivity index (χ3n) is 5.42. The third-order valence-corrected chi connectivity index (χ3v) is 7.67. The van der Waals surface area contributed by atoms with Gasteiger partial charge in [0, 0.05) is 42.0 Å². The van der Waals surface area contributed by atoms with Crippen LogP contribution in [-0.4, -0.2) is 40.6 Å². The van der Waals surface area contributed by atoms with E-state index in [9.17, 15) is 13.2 Å². The predicted octanol–water partition coefficient (Wildman–Crippen LogP) is 3.29. The minimum atomic E-state index is -3.56. The molecule has 2 aromatic heterocycles. The lowest BCUT2D eigenvalue weighted by Crippen LogP contribution is -2.35. The third kappa shape index (κ3) is 3.95. The molecule has 30 heavy (non-hydrogen) atoms. The lowest BCUT2D eigenvalue weighted by molar-refractivity contribution is 0.346. The number of aromatic amines is 1. The van der Waals surface area contributed by atoms with Crippen LogP contribution in [-0.2, 0) is 16.4 Å². The van der Waals surface area contributed by atoms with Crippen LogP contribution in [0, 0.1) is 6.92 Å². The summed E-state index contributed by atoms with van der Waals surface area (Å²) < 4.78 is 28.4. The Morgan fingerprint density at radius 2 is 1.83 bits per heavy atom. The number of rotatable bonds is 5. The molecule has 0 spiro atoms. The average Bonchev–Trinajstić information content (AvgIpc) is 3.04. The smallest absolute Gasteiger partial charge is 0.276 e. The first-order valence-electron chi connectivity index (χ1n) is 9.88. The maximum absolute atomic E-state index is 13.0. The quantitative estimate of drug-likeness (QED) is 0.651. The molecule has 1 aromatic carbocycles. The number of aryl methyl sites for hydroxylation is 1. The number of sulfonamides is 1. The number of nitrogens with one attached hydrogen (secondary N) is 1. The molecule has 0 atom stereocenters. The molecule has 0 unspecified atom stereocenters. The highest BCUT2D eigenvalue weighted by molar-refractivity contribution is 7.89. The van der Waals surface area contributed by atoms with Crippen LogP contribution in [0.4, 0.5) is 0 Å². The number of benzene rings is 1. The zero-order valence-corrected chi connectivity index (χ0v) is 18.2. The molecule has 9 heteroatoms.